The molecule has 0 aliphatic carbocycles. The molecule has 0 spiro atoms. The van der Waals surface area contributed by atoms with Gasteiger partial charge in [0.05, 0.1) is 12.2 Å². The van der Waals surface area contributed by atoms with E-state index in [1.807, 2.05) is 18.2 Å². The maximum Gasteiger partial charge on any atom is 0.336 e. The summed E-state index contributed by atoms with van der Waals surface area (Å²) >= 11 is 1.51. The largest absolute Gasteiger partial charge is 0.478 e. The fourth-order valence-corrected chi connectivity index (χ4v) is 3.32. The van der Waals surface area contributed by atoms with E-state index in [-0.39, 0.29) is 12.8 Å². The van der Waals surface area contributed by atoms with Gasteiger partial charge in [0.25, 0.3) is 0 Å². The van der Waals surface area contributed by atoms with E-state index in [9.17, 15) is 9.90 Å². The number of likely N-dealkylation sites (N-methyl/N-ethyl adjacent to an activating group) is 1. The molecule has 0 bridgehead atoms. The number of carboxylic acid groups (broad SMARTS) is 1. The van der Waals surface area contributed by atoms with Crippen LogP contribution < -0.4 is 0 Å². The first-order chi connectivity index (χ1) is 10.1. The van der Waals surface area contributed by atoms with Crippen molar-refractivity contribution in [1.82, 2.24) is 14.7 Å². The van der Waals surface area contributed by atoms with Crippen molar-refractivity contribution in [2.24, 2.45) is 4.99 Å². The Balaban J connectivity index is 2.12. The molecule has 2 N–H and O–H groups in total. The normalized spacial score (nSPS) is 24.7. The molecule has 1 fully saturated rings. The van der Waals surface area contributed by atoms with Gasteiger partial charge in [-0.3, -0.25) is 9.80 Å². The summed E-state index contributed by atoms with van der Waals surface area (Å²) in [5.41, 5.74) is 0.311. The lowest BCUT2D eigenvalue weighted by atomic mass is 10.1. The maximum atomic E-state index is 11.5. The number of rotatable bonds is 4. The molecule has 1 saturated heterocycles. The van der Waals surface area contributed by atoms with Crippen molar-refractivity contribution < 1.29 is 15.0 Å². The highest BCUT2D eigenvalue weighted by atomic mass is 32.2. The van der Waals surface area contributed by atoms with Crippen LogP contribution in [0.5, 0.6) is 0 Å². The molecule has 0 aromatic heterocycles. The topological polar surface area (TPSA) is 79.6 Å². The van der Waals surface area contributed by atoms with Crippen LogP contribution in [0.25, 0.3) is 0 Å². The van der Waals surface area contributed by atoms with Gasteiger partial charge < -0.3 is 15.1 Å². The molecule has 1 atom stereocenters. The van der Waals surface area contributed by atoms with Crippen LogP contribution in [-0.2, 0) is 4.79 Å². The Hall–Kier alpha value is -1.09. The Bertz CT molecular complexity index is 447. The summed E-state index contributed by atoms with van der Waals surface area (Å²) in [4.78, 5) is 22.0. The number of aliphatic hydroxyl groups is 1. The Kier molecular flexibility index (Phi) is 5.63. The lowest BCUT2D eigenvalue weighted by Crippen LogP contribution is -2.58. The van der Waals surface area contributed by atoms with Gasteiger partial charge in [-0.2, -0.15) is 0 Å². The number of nitrogens with zero attached hydrogens (tertiary/aromatic N) is 4. The van der Waals surface area contributed by atoms with Crippen LogP contribution in [0, 0.1) is 0 Å². The monoisotopic (exact) mass is 314 g/mol. The van der Waals surface area contributed by atoms with Gasteiger partial charge in [0.1, 0.15) is 6.17 Å². The Morgan fingerprint density at radius 2 is 2.10 bits per heavy atom. The first-order valence-corrected chi connectivity index (χ1v) is 8.16. The van der Waals surface area contributed by atoms with Crippen molar-refractivity contribution in [2.75, 3.05) is 52.6 Å². The summed E-state index contributed by atoms with van der Waals surface area (Å²) in [6, 6.07) is 0. The Morgan fingerprint density at radius 1 is 1.43 bits per heavy atom. The number of aliphatic imine (C=N–C) groups is 1. The molecule has 8 heteroatoms. The molecule has 2 heterocycles. The van der Waals surface area contributed by atoms with Crippen molar-refractivity contribution in [3.05, 3.63) is 11.8 Å². The van der Waals surface area contributed by atoms with Crippen LogP contribution in [-0.4, -0.2) is 94.8 Å². The van der Waals surface area contributed by atoms with Gasteiger partial charge in [-0.25, -0.2) is 9.79 Å². The number of aliphatic carboxylic acids is 1. The van der Waals surface area contributed by atoms with Crippen molar-refractivity contribution in [2.45, 2.75) is 6.17 Å². The second-order valence-electron chi connectivity index (χ2n) is 5.09. The van der Waals surface area contributed by atoms with Gasteiger partial charge in [0, 0.05) is 46.0 Å². The standard InChI is InChI=1S/C13H22N4O3S/c1-15-11(10(12(19)20)9-14-13(15)21-2)17-5-3-16(4-6-17)7-8-18/h9,11,18H,3-8H2,1-2H3,(H,19,20). The molecule has 0 aromatic rings. The molecule has 0 amide bonds. The first-order valence-electron chi connectivity index (χ1n) is 6.93. The number of hydrogen-bond donors (Lipinski definition) is 2. The average Bonchev–Trinajstić information content (AvgIpc) is 2.48. The molecule has 0 radical (unpaired) electrons. The fourth-order valence-electron chi connectivity index (χ4n) is 2.77. The zero-order valence-electron chi connectivity index (χ0n) is 12.4. The fraction of sp³-hybridized carbons (Fsp3) is 0.692. The molecule has 0 aromatic carbocycles. The number of carbonyl (C=O) groups is 1. The highest BCUT2D eigenvalue weighted by Crippen LogP contribution is 2.24. The Morgan fingerprint density at radius 3 is 2.62 bits per heavy atom. The minimum atomic E-state index is -0.923. The molecule has 2 rings (SSSR count). The van der Waals surface area contributed by atoms with Crippen LogP contribution in [0.3, 0.4) is 0 Å². The summed E-state index contributed by atoms with van der Waals surface area (Å²) in [5.74, 6) is -0.923. The summed E-state index contributed by atoms with van der Waals surface area (Å²) in [5, 5.41) is 19.2. The number of piperazine rings is 1. The van der Waals surface area contributed by atoms with Crippen molar-refractivity contribution in [3.8, 4) is 0 Å². The lowest BCUT2D eigenvalue weighted by molar-refractivity contribution is -0.134. The third-order valence-corrected chi connectivity index (χ3v) is 4.62. The van der Waals surface area contributed by atoms with Gasteiger partial charge >= 0.3 is 5.97 Å². The maximum absolute atomic E-state index is 11.5. The summed E-state index contributed by atoms with van der Waals surface area (Å²) in [6.07, 6.45) is 3.13. The predicted octanol–water partition coefficient (Wildman–Crippen LogP) is -0.445. The molecule has 118 valence electrons. The second-order valence-corrected chi connectivity index (χ2v) is 5.86. The molecule has 21 heavy (non-hydrogen) atoms. The van der Waals surface area contributed by atoms with Gasteiger partial charge in [-0.1, -0.05) is 11.8 Å². The third kappa shape index (κ3) is 3.57. The minimum absolute atomic E-state index is 0.160. The van der Waals surface area contributed by atoms with Crippen molar-refractivity contribution >= 4 is 22.9 Å². The zero-order valence-corrected chi connectivity index (χ0v) is 13.2. The molecule has 1 unspecified atom stereocenters. The molecule has 0 saturated carbocycles. The summed E-state index contributed by atoms with van der Waals surface area (Å²) in [7, 11) is 1.88. The van der Waals surface area contributed by atoms with E-state index in [0.29, 0.717) is 12.1 Å². The first kappa shape index (κ1) is 16.3. The quantitative estimate of drug-likeness (QED) is 0.728. The van der Waals surface area contributed by atoms with Gasteiger partial charge in [0.2, 0.25) is 0 Å². The van der Waals surface area contributed by atoms with Crippen LogP contribution in [0.1, 0.15) is 0 Å². The number of hydrogen-bond acceptors (Lipinski definition) is 7. The van der Waals surface area contributed by atoms with E-state index in [0.717, 1.165) is 31.3 Å². The average molecular weight is 314 g/mol. The number of thioether (sulfide) groups is 1. The molecule has 2 aliphatic rings. The smallest absolute Gasteiger partial charge is 0.336 e. The van der Waals surface area contributed by atoms with Crippen molar-refractivity contribution in [1.29, 1.82) is 0 Å². The van der Waals surface area contributed by atoms with Crippen molar-refractivity contribution in [3.63, 3.8) is 0 Å². The van der Waals surface area contributed by atoms with E-state index in [2.05, 4.69) is 14.8 Å². The molecular weight excluding hydrogens is 292 g/mol. The molecular formula is C13H22N4O3S. The number of carboxylic acids is 1. The zero-order chi connectivity index (χ0) is 15.4. The second kappa shape index (κ2) is 7.26. The van der Waals surface area contributed by atoms with E-state index in [1.165, 1.54) is 18.0 Å². The van der Waals surface area contributed by atoms with Crippen LogP contribution in [0.15, 0.2) is 16.8 Å². The number of β-amino-alcohol motifs (C(OH)–C–C–N with tert-alkyl or cyclic N) is 1. The van der Waals surface area contributed by atoms with E-state index >= 15 is 0 Å². The van der Waals surface area contributed by atoms with E-state index in [4.69, 9.17) is 5.11 Å². The predicted molar refractivity (Wildman–Crippen MR) is 83.3 cm³/mol. The van der Waals surface area contributed by atoms with E-state index < -0.39 is 5.97 Å². The van der Waals surface area contributed by atoms with Crippen LogP contribution in [0.4, 0.5) is 0 Å². The summed E-state index contributed by atoms with van der Waals surface area (Å²) < 4.78 is 0. The molecule has 7 nitrogen and oxygen atoms in total. The van der Waals surface area contributed by atoms with Gasteiger partial charge in [-0.15, -0.1) is 0 Å². The van der Waals surface area contributed by atoms with E-state index in [1.54, 1.807) is 0 Å². The number of amidine groups is 1. The highest BCUT2D eigenvalue weighted by molar-refractivity contribution is 8.13. The van der Waals surface area contributed by atoms with Gasteiger partial charge in [-0.05, 0) is 6.26 Å². The lowest BCUT2D eigenvalue weighted by Gasteiger charge is -2.44. The van der Waals surface area contributed by atoms with Crippen LogP contribution >= 0.6 is 11.8 Å². The third-order valence-electron chi connectivity index (χ3n) is 3.86. The highest BCUT2D eigenvalue weighted by Gasteiger charge is 2.35. The number of aliphatic hydroxyl groups excluding tert-OH is 1. The van der Waals surface area contributed by atoms with Gasteiger partial charge in [0.15, 0.2) is 5.17 Å². The SMILES string of the molecule is CSC1=NC=C(C(=O)O)C(N2CCN(CCO)CC2)N1C. The summed E-state index contributed by atoms with van der Waals surface area (Å²) in [6.45, 7) is 4.07. The van der Waals surface area contributed by atoms with Crippen LogP contribution in [0.2, 0.25) is 0 Å². The minimum Gasteiger partial charge on any atom is -0.478 e. The Labute approximate surface area is 128 Å². The molecule has 2 aliphatic heterocycles.